The number of aromatic amines is 1. The Bertz CT molecular complexity index is 1070. The van der Waals surface area contributed by atoms with Crippen LogP contribution in [0.25, 0.3) is 10.9 Å². The molecule has 2 N–H and O–H groups in total. The number of rotatable bonds is 5. The summed E-state index contributed by atoms with van der Waals surface area (Å²) in [6.45, 7) is 8.23. The lowest BCUT2D eigenvalue weighted by atomic mass is 10.1. The Morgan fingerprint density at radius 3 is 2.43 bits per heavy atom. The van der Waals surface area contributed by atoms with Crippen molar-refractivity contribution in [3.63, 3.8) is 0 Å². The summed E-state index contributed by atoms with van der Waals surface area (Å²) in [4.78, 5) is 30.2. The topological polar surface area (TPSA) is 74.4 Å². The van der Waals surface area contributed by atoms with E-state index in [1.807, 2.05) is 76.2 Å². The maximum absolute atomic E-state index is 13.0. The number of anilines is 1. The van der Waals surface area contributed by atoms with E-state index in [0.29, 0.717) is 24.5 Å². The lowest BCUT2D eigenvalue weighted by Gasteiger charge is -2.27. The van der Waals surface area contributed by atoms with E-state index in [-0.39, 0.29) is 12.0 Å². The summed E-state index contributed by atoms with van der Waals surface area (Å²) in [7, 11) is 0. The highest BCUT2D eigenvalue weighted by Crippen LogP contribution is 2.29. The molecule has 2 aromatic carbocycles. The van der Waals surface area contributed by atoms with Crippen molar-refractivity contribution in [2.75, 3.05) is 11.9 Å². The van der Waals surface area contributed by atoms with Gasteiger partial charge in [0, 0.05) is 23.1 Å². The quantitative estimate of drug-likeness (QED) is 0.483. The van der Waals surface area contributed by atoms with Crippen molar-refractivity contribution in [1.29, 1.82) is 0 Å². The number of carbonyl (C=O) groups is 2. The molecule has 0 unspecified atom stereocenters. The summed E-state index contributed by atoms with van der Waals surface area (Å²) >= 11 is 3.52. The molecule has 0 saturated heterocycles. The van der Waals surface area contributed by atoms with Crippen LogP contribution in [-0.2, 0) is 11.3 Å². The molecule has 0 saturated carbocycles. The lowest BCUT2D eigenvalue weighted by Crippen LogP contribution is -2.36. The number of H-pyrrole nitrogens is 1. The number of halogens is 1. The minimum absolute atomic E-state index is 0.258. The molecule has 0 spiro atoms. The average molecular weight is 472 g/mol. The SMILES string of the molecule is CCN(Cc1ccccc1NC(=O)c1[nH]c2ccccc2c1Br)C(=O)OC(C)(C)C. The van der Waals surface area contributed by atoms with Crippen LogP contribution in [0.2, 0.25) is 0 Å². The van der Waals surface area contributed by atoms with Gasteiger partial charge < -0.3 is 19.9 Å². The largest absolute Gasteiger partial charge is 0.444 e. The Morgan fingerprint density at radius 1 is 1.10 bits per heavy atom. The summed E-state index contributed by atoms with van der Waals surface area (Å²) in [6.07, 6.45) is -0.385. The van der Waals surface area contributed by atoms with Gasteiger partial charge in [0.1, 0.15) is 11.3 Å². The summed E-state index contributed by atoms with van der Waals surface area (Å²) in [5.41, 5.74) is 2.23. The first kappa shape index (κ1) is 21.9. The molecule has 0 fully saturated rings. The zero-order valence-corrected chi connectivity index (χ0v) is 19.2. The fraction of sp³-hybridized carbons (Fsp3) is 0.304. The predicted octanol–water partition coefficient (Wildman–Crippen LogP) is 5.94. The van der Waals surface area contributed by atoms with E-state index in [4.69, 9.17) is 4.74 Å². The molecule has 3 rings (SSSR count). The molecule has 2 amide bonds. The monoisotopic (exact) mass is 471 g/mol. The van der Waals surface area contributed by atoms with Crippen molar-refractivity contribution in [1.82, 2.24) is 9.88 Å². The van der Waals surface area contributed by atoms with E-state index < -0.39 is 5.60 Å². The van der Waals surface area contributed by atoms with Crippen LogP contribution in [0.15, 0.2) is 53.0 Å². The van der Waals surface area contributed by atoms with Crippen molar-refractivity contribution in [2.45, 2.75) is 39.8 Å². The summed E-state index contributed by atoms with van der Waals surface area (Å²) in [5, 5.41) is 3.91. The van der Waals surface area contributed by atoms with Gasteiger partial charge in [0.2, 0.25) is 0 Å². The number of benzene rings is 2. The first-order valence-corrected chi connectivity index (χ1v) is 10.6. The van der Waals surface area contributed by atoms with Crippen LogP contribution in [0, 0.1) is 0 Å². The number of hydrogen-bond donors (Lipinski definition) is 2. The molecule has 0 radical (unpaired) electrons. The lowest BCUT2D eigenvalue weighted by molar-refractivity contribution is 0.0245. The molecule has 3 aromatic rings. The molecule has 30 heavy (non-hydrogen) atoms. The standard InChI is InChI=1S/C23H26BrN3O3/c1-5-27(22(29)30-23(2,3)4)14-15-10-6-8-12-17(15)26-21(28)20-19(24)16-11-7-9-13-18(16)25-20/h6-13,25H,5,14H2,1-4H3,(H,26,28). The Labute approximate surface area is 184 Å². The average Bonchev–Trinajstić information content (AvgIpc) is 3.03. The molecule has 158 valence electrons. The fourth-order valence-electron chi connectivity index (χ4n) is 3.07. The van der Waals surface area contributed by atoms with Gasteiger partial charge >= 0.3 is 6.09 Å². The third kappa shape index (κ3) is 5.02. The van der Waals surface area contributed by atoms with Gasteiger partial charge in [-0.05, 0) is 61.3 Å². The van der Waals surface area contributed by atoms with Crippen molar-refractivity contribution in [3.05, 3.63) is 64.3 Å². The van der Waals surface area contributed by atoms with Gasteiger partial charge in [-0.25, -0.2) is 4.79 Å². The molecule has 1 aromatic heterocycles. The zero-order valence-electron chi connectivity index (χ0n) is 17.6. The maximum Gasteiger partial charge on any atom is 0.410 e. The minimum atomic E-state index is -0.569. The maximum atomic E-state index is 13.0. The van der Waals surface area contributed by atoms with E-state index in [1.54, 1.807) is 4.90 Å². The minimum Gasteiger partial charge on any atom is -0.444 e. The Balaban J connectivity index is 1.81. The zero-order chi connectivity index (χ0) is 21.9. The van der Waals surface area contributed by atoms with Crippen molar-refractivity contribution in [2.24, 2.45) is 0 Å². The van der Waals surface area contributed by atoms with Gasteiger partial charge in [-0.2, -0.15) is 0 Å². The number of amides is 2. The number of ether oxygens (including phenoxy) is 1. The van der Waals surface area contributed by atoms with Crippen LogP contribution in [0.1, 0.15) is 43.7 Å². The highest BCUT2D eigenvalue weighted by molar-refractivity contribution is 9.10. The van der Waals surface area contributed by atoms with Crippen molar-refractivity contribution in [3.8, 4) is 0 Å². The summed E-state index contributed by atoms with van der Waals surface area (Å²) in [6, 6.07) is 15.2. The van der Waals surface area contributed by atoms with Gasteiger partial charge in [0.05, 0.1) is 11.0 Å². The Morgan fingerprint density at radius 2 is 1.77 bits per heavy atom. The van der Waals surface area contributed by atoms with Crippen molar-refractivity contribution < 1.29 is 14.3 Å². The Kier molecular flexibility index (Phi) is 6.51. The molecule has 0 aliphatic carbocycles. The second-order valence-corrected chi connectivity index (χ2v) is 8.76. The molecule has 1 heterocycles. The fourth-order valence-corrected chi connectivity index (χ4v) is 3.69. The highest BCUT2D eigenvalue weighted by atomic mass is 79.9. The molecular formula is C23H26BrN3O3. The summed E-state index contributed by atoms with van der Waals surface area (Å²) in [5.74, 6) is -0.258. The molecule has 0 aliphatic rings. The number of para-hydroxylation sites is 2. The smallest absolute Gasteiger partial charge is 0.410 e. The van der Waals surface area contributed by atoms with Crippen LogP contribution >= 0.6 is 15.9 Å². The van der Waals surface area contributed by atoms with Crippen LogP contribution in [0.5, 0.6) is 0 Å². The van der Waals surface area contributed by atoms with Crippen LogP contribution in [0.4, 0.5) is 10.5 Å². The van der Waals surface area contributed by atoms with E-state index in [2.05, 4.69) is 26.2 Å². The van der Waals surface area contributed by atoms with Gasteiger partial charge in [0.25, 0.3) is 5.91 Å². The third-order valence-electron chi connectivity index (χ3n) is 4.53. The van der Waals surface area contributed by atoms with Crippen LogP contribution < -0.4 is 5.32 Å². The molecule has 7 heteroatoms. The molecule has 0 aliphatic heterocycles. The normalized spacial score (nSPS) is 11.4. The first-order chi connectivity index (χ1) is 14.2. The molecule has 0 bridgehead atoms. The Hall–Kier alpha value is -2.80. The van der Waals surface area contributed by atoms with Gasteiger partial charge in [-0.3, -0.25) is 4.79 Å². The first-order valence-electron chi connectivity index (χ1n) is 9.83. The van der Waals surface area contributed by atoms with Crippen LogP contribution in [-0.4, -0.2) is 34.0 Å². The van der Waals surface area contributed by atoms with E-state index in [0.717, 1.165) is 20.9 Å². The second kappa shape index (κ2) is 8.92. The van der Waals surface area contributed by atoms with E-state index in [1.165, 1.54) is 0 Å². The third-order valence-corrected chi connectivity index (χ3v) is 5.35. The molecule has 6 nitrogen and oxygen atoms in total. The molecule has 0 atom stereocenters. The number of nitrogens with zero attached hydrogens (tertiary/aromatic N) is 1. The second-order valence-electron chi connectivity index (χ2n) is 7.97. The van der Waals surface area contributed by atoms with Gasteiger partial charge in [0.15, 0.2) is 0 Å². The van der Waals surface area contributed by atoms with E-state index >= 15 is 0 Å². The molecular weight excluding hydrogens is 446 g/mol. The number of nitrogens with one attached hydrogen (secondary N) is 2. The number of hydrogen-bond acceptors (Lipinski definition) is 3. The van der Waals surface area contributed by atoms with E-state index in [9.17, 15) is 9.59 Å². The van der Waals surface area contributed by atoms with Crippen LogP contribution in [0.3, 0.4) is 0 Å². The summed E-state index contributed by atoms with van der Waals surface area (Å²) < 4.78 is 6.21. The van der Waals surface area contributed by atoms with Gasteiger partial charge in [-0.15, -0.1) is 0 Å². The van der Waals surface area contributed by atoms with Crippen molar-refractivity contribution >= 4 is 44.5 Å². The highest BCUT2D eigenvalue weighted by Gasteiger charge is 2.23. The van der Waals surface area contributed by atoms with Gasteiger partial charge in [-0.1, -0.05) is 36.4 Å². The number of carbonyl (C=O) groups excluding carboxylic acids is 2. The predicted molar refractivity (Wildman–Crippen MR) is 123 cm³/mol. The number of aromatic nitrogens is 1. The number of fused-ring (bicyclic) bond motifs is 1.